The molecule has 1 N–H and O–H groups in total. The highest BCUT2D eigenvalue weighted by Crippen LogP contribution is 2.34. The van der Waals surface area contributed by atoms with Gasteiger partial charge in [0, 0.05) is 24.2 Å². The normalized spacial score (nSPS) is 16.5. The van der Waals surface area contributed by atoms with Crippen molar-refractivity contribution in [3.63, 3.8) is 0 Å². The van der Waals surface area contributed by atoms with E-state index in [0.29, 0.717) is 5.92 Å². The summed E-state index contributed by atoms with van der Waals surface area (Å²) in [7, 11) is 0. The minimum atomic E-state index is -0.182. The first-order valence-electron chi connectivity index (χ1n) is 7.20. The molecule has 0 saturated heterocycles. The first kappa shape index (κ1) is 12.5. The van der Waals surface area contributed by atoms with Gasteiger partial charge < -0.3 is 10.0 Å². The van der Waals surface area contributed by atoms with E-state index < -0.39 is 0 Å². The summed E-state index contributed by atoms with van der Waals surface area (Å²) >= 11 is 0. The summed E-state index contributed by atoms with van der Waals surface area (Å²) in [5.74, 6) is 0.532. The second-order valence-electron chi connectivity index (χ2n) is 5.44. The highest BCUT2D eigenvalue weighted by Gasteiger charge is 2.30. The van der Waals surface area contributed by atoms with Crippen LogP contribution in [0.4, 0.5) is 5.69 Å². The van der Waals surface area contributed by atoms with E-state index >= 15 is 0 Å². The Balaban J connectivity index is 1.91. The molecule has 3 rings (SSSR count). The molecular formula is C17H21NO. The van der Waals surface area contributed by atoms with E-state index in [4.69, 9.17) is 0 Å². The topological polar surface area (TPSA) is 23.5 Å². The second kappa shape index (κ2) is 5.22. The summed E-state index contributed by atoms with van der Waals surface area (Å²) in [6.45, 7) is 3.83. The van der Waals surface area contributed by atoms with Crippen LogP contribution in [-0.4, -0.2) is 24.3 Å². The molecule has 0 spiro atoms. The molecule has 1 aliphatic carbocycles. The van der Waals surface area contributed by atoms with Gasteiger partial charge in [-0.1, -0.05) is 36.4 Å². The van der Waals surface area contributed by atoms with E-state index in [-0.39, 0.29) is 6.10 Å². The Morgan fingerprint density at radius 3 is 2.63 bits per heavy atom. The molecule has 100 valence electrons. The average molecular weight is 255 g/mol. The van der Waals surface area contributed by atoms with Crippen molar-refractivity contribution < 1.29 is 5.11 Å². The van der Waals surface area contributed by atoms with Crippen molar-refractivity contribution in [2.24, 2.45) is 5.92 Å². The number of anilines is 1. The standard InChI is InChI=1S/C17H21NO/c1-2-18(12-17(19)14-10-11-14)16-9-5-7-13-6-3-4-8-15(13)16/h3-9,14,17,19H,2,10-12H2,1H3. The van der Waals surface area contributed by atoms with Crippen molar-refractivity contribution >= 4 is 16.5 Å². The molecule has 0 bridgehead atoms. The van der Waals surface area contributed by atoms with Gasteiger partial charge in [-0.25, -0.2) is 0 Å². The first-order chi connectivity index (χ1) is 9.29. The van der Waals surface area contributed by atoms with Crippen LogP contribution >= 0.6 is 0 Å². The molecule has 2 nitrogen and oxygen atoms in total. The van der Waals surface area contributed by atoms with Crippen molar-refractivity contribution in [1.29, 1.82) is 0 Å². The van der Waals surface area contributed by atoms with Gasteiger partial charge in [0.25, 0.3) is 0 Å². The van der Waals surface area contributed by atoms with Gasteiger partial charge in [0.15, 0.2) is 0 Å². The number of nitrogens with zero attached hydrogens (tertiary/aromatic N) is 1. The fraction of sp³-hybridized carbons (Fsp3) is 0.412. The van der Waals surface area contributed by atoms with Crippen LogP contribution in [0.15, 0.2) is 42.5 Å². The Morgan fingerprint density at radius 2 is 1.89 bits per heavy atom. The number of hydrogen-bond acceptors (Lipinski definition) is 2. The van der Waals surface area contributed by atoms with Crippen LogP contribution < -0.4 is 4.90 Å². The molecule has 1 fully saturated rings. The van der Waals surface area contributed by atoms with Crippen LogP contribution in [0.25, 0.3) is 10.8 Å². The Labute approximate surface area is 114 Å². The quantitative estimate of drug-likeness (QED) is 0.884. The molecule has 0 radical (unpaired) electrons. The predicted molar refractivity (Wildman–Crippen MR) is 80.6 cm³/mol. The zero-order valence-electron chi connectivity index (χ0n) is 11.4. The summed E-state index contributed by atoms with van der Waals surface area (Å²) in [6.07, 6.45) is 2.20. The molecule has 19 heavy (non-hydrogen) atoms. The fourth-order valence-corrected chi connectivity index (χ4v) is 2.74. The lowest BCUT2D eigenvalue weighted by molar-refractivity contribution is 0.157. The van der Waals surface area contributed by atoms with Crippen LogP contribution in [0.1, 0.15) is 19.8 Å². The Bertz CT molecular complexity index is 557. The van der Waals surface area contributed by atoms with Crippen molar-refractivity contribution in [3.8, 4) is 0 Å². The monoisotopic (exact) mass is 255 g/mol. The number of hydrogen-bond donors (Lipinski definition) is 1. The summed E-state index contributed by atoms with van der Waals surface area (Å²) in [4.78, 5) is 2.30. The molecular weight excluding hydrogens is 234 g/mol. The summed E-state index contributed by atoms with van der Waals surface area (Å²) in [6, 6.07) is 14.9. The minimum absolute atomic E-state index is 0.182. The largest absolute Gasteiger partial charge is 0.391 e. The molecule has 0 aliphatic heterocycles. The van der Waals surface area contributed by atoms with Gasteiger partial charge in [-0.05, 0) is 37.1 Å². The van der Waals surface area contributed by atoms with E-state index in [1.165, 1.54) is 29.3 Å². The summed E-state index contributed by atoms with van der Waals surface area (Å²) < 4.78 is 0. The third kappa shape index (κ3) is 2.59. The molecule has 0 heterocycles. The fourth-order valence-electron chi connectivity index (χ4n) is 2.74. The highest BCUT2D eigenvalue weighted by molar-refractivity contribution is 5.94. The smallest absolute Gasteiger partial charge is 0.0743 e. The molecule has 0 amide bonds. The van der Waals surface area contributed by atoms with Crippen LogP contribution in [0.5, 0.6) is 0 Å². The number of aliphatic hydroxyl groups is 1. The number of likely N-dealkylation sites (N-methyl/N-ethyl adjacent to an activating group) is 1. The number of aliphatic hydroxyl groups excluding tert-OH is 1. The van der Waals surface area contributed by atoms with Crippen LogP contribution in [0.3, 0.4) is 0 Å². The average Bonchev–Trinajstić information content (AvgIpc) is 3.28. The molecule has 2 aromatic rings. The van der Waals surface area contributed by atoms with E-state index in [1.807, 2.05) is 0 Å². The van der Waals surface area contributed by atoms with Crippen molar-refractivity contribution in [3.05, 3.63) is 42.5 Å². The maximum atomic E-state index is 10.2. The van der Waals surface area contributed by atoms with Gasteiger partial charge in [-0.3, -0.25) is 0 Å². The van der Waals surface area contributed by atoms with Crippen molar-refractivity contribution in [2.45, 2.75) is 25.9 Å². The van der Waals surface area contributed by atoms with Gasteiger partial charge in [-0.15, -0.1) is 0 Å². The molecule has 1 aliphatic rings. The van der Waals surface area contributed by atoms with Gasteiger partial charge in [0.2, 0.25) is 0 Å². The van der Waals surface area contributed by atoms with E-state index in [1.54, 1.807) is 0 Å². The number of rotatable bonds is 5. The molecule has 1 atom stereocenters. The van der Waals surface area contributed by atoms with E-state index in [0.717, 1.165) is 13.1 Å². The third-order valence-corrected chi connectivity index (χ3v) is 4.06. The van der Waals surface area contributed by atoms with Gasteiger partial charge >= 0.3 is 0 Å². The minimum Gasteiger partial charge on any atom is -0.391 e. The third-order valence-electron chi connectivity index (χ3n) is 4.06. The lowest BCUT2D eigenvalue weighted by atomic mass is 10.1. The number of benzene rings is 2. The zero-order valence-corrected chi connectivity index (χ0v) is 11.4. The Hall–Kier alpha value is -1.54. The predicted octanol–water partition coefficient (Wildman–Crippen LogP) is 3.44. The second-order valence-corrected chi connectivity index (χ2v) is 5.44. The molecule has 2 aromatic carbocycles. The SMILES string of the molecule is CCN(CC(O)C1CC1)c1cccc2ccccc12. The van der Waals surface area contributed by atoms with E-state index in [2.05, 4.69) is 54.3 Å². The van der Waals surface area contributed by atoms with Gasteiger partial charge in [-0.2, -0.15) is 0 Å². The zero-order chi connectivity index (χ0) is 13.2. The maximum absolute atomic E-state index is 10.2. The van der Waals surface area contributed by atoms with Gasteiger partial charge in [0.1, 0.15) is 0 Å². The molecule has 2 heteroatoms. The maximum Gasteiger partial charge on any atom is 0.0743 e. The summed E-state index contributed by atoms with van der Waals surface area (Å²) in [5.41, 5.74) is 1.24. The molecule has 1 unspecified atom stereocenters. The number of fused-ring (bicyclic) bond motifs is 1. The molecule has 0 aromatic heterocycles. The van der Waals surface area contributed by atoms with Crippen molar-refractivity contribution in [2.75, 3.05) is 18.0 Å². The van der Waals surface area contributed by atoms with Crippen LogP contribution in [0.2, 0.25) is 0 Å². The first-order valence-corrected chi connectivity index (χ1v) is 7.20. The van der Waals surface area contributed by atoms with Crippen LogP contribution in [0, 0.1) is 5.92 Å². The summed E-state index contributed by atoms with van der Waals surface area (Å²) in [5, 5.41) is 12.7. The van der Waals surface area contributed by atoms with E-state index in [9.17, 15) is 5.11 Å². The molecule has 1 saturated carbocycles. The lowest BCUT2D eigenvalue weighted by Gasteiger charge is -2.27. The Kier molecular flexibility index (Phi) is 3.43. The Morgan fingerprint density at radius 1 is 1.16 bits per heavy atom. The van der Waals surface area contributed by atoms with Crippen LogP contribution in [-0.2, 0) is 0 Å². The lowest BCUT2D eigenvalue weighted by Crippen LogP contribution is -2.33. The highest BCUT2D eigenvalue weighted by atomic mass is 16.3. The van der Waals surface area contributed by atoms with Crippen molar-refractivity contribution in [1.82, 2.24) is 0 Å². The van der Waals surface area contributed by atoms with Gasteiger partial charge in [0.05, 0.1) is 6.10 Å².